The van der Waals surface area contributed by atoms with Gasteiger partial charge in [-0.15, -0.1) is 0 Å². The van der Waals surface area contributed by atoms with E-state index in [2.05, 4.69) is 4.98 Å². The van der Waals surface area contributed by atoms with Crippen LogP contribution >= 0.6 is 11.8 Å². The second-order valence-corrected chi connectivity index (χ2v) is 5.13. The Morgan fingerprint density at radius 2 is 2.05 bits per heavy atom. The number of aromatic nitrogens is 1. The third-order valence-electron chi connectivity index (χ3n) is 2.42. The summed E-state index contributed by atoms with van der Waals surface area (Å²) in [6.07, 6.45) is 0. The highest BCUT2D eigenvalue weighted by Crippen LogP contribution is 2.35. The molecule has 0 aliphatic rings. The first kappa shape index (κ1) is 13.5. The van der Waals surface area contributed by atoms with Gasteiger partial charge in [-0.2, -0.15) is 4.39 Å². The maximum absolute atomic E-state index is 13.5. The molecular formula is C13H11FN2O2S. The van der Waals surface area contributed by atoms with Gasteiger partial charge in [0.05, 0.1) is 9.82 Å². The maximum Gasteiger partial charge on any atom is 0.318 e. The van der Waals surface area contributed by atoms with Crippen LogP contribution in [0, 0.1) is 29.8 Å². The average molecular weight is 278 g/mol. The number of aryl methyl sites for hydroxylation is 2. The second-order valence-electron chi connectivity index (χ2n) is 4.07. The monoisotopic (exact) mass is 278 g/mol. The third-order valence-corrected chi connectivity index (χ3v) is 3.39. The summed E-state index contributed by atoms with van der Waals surface area (Å²) in [6.45, 7) is 3.76. The summed E-state index contributed by atoms with van der Waals surface area (Å²) in [5.41, 5.74) is 1.32. The van der Waals surface area contributed by atoms with Gasteiger partial charge in [-0.3, -0.25) is 10.1 Å². The number of pyridine rings is 1. The minimum Gasteiger partial charge on any atom is -0.258 e. The van der Waals surface area contributed by atoms with Crippen molar-refractivity contribution in [1.29, 1.82) is 0 Å². The maximum atomic E-state index is 13.5. The Morgan fingerprint density at radius 3 is 2.68 bits per heavy atom. The molecular weight excluding hydrogens is 267 g/mol. The van der Waals surface area contributed by atoms with Crippen molar-refractivity contribution in [3.63, 3.8) is 0 Å². The Hall–Kier alpha value is -1.95. The molecule has 1 aromatic carbocycles. The lowest BCUT2D eigenvalue weighted by molar-refractivity contribution is -0.390. The van der Waals surface area contributed by atoms with Crippen molar-refractivity contribution >= 4 is 17.4 Å². The van der Waals surface area contributed by atoms with Gasteiger partial charge in [0, 0.05) is 5.69 Å². The van der Waals surface area contributed by atoms with E-state index in [0.717, 1.165) is 29.1 Å². The summed E-state index contributed by atoms with van der Waals surface area (Å²) in [6, 6.07) is 7.77. The van der Waals surface area contributed by atoms with Crippen LogP contribution in [0.4, 0.5) is 10.1 Å². The van der Waals surface area contributed by atoms with Gasteiger partial charge in [0.25, 0.3) is 0 Å². The third kappa shape index (κ3) is 3.08. The summed E-state index contributed by atoms with van der Waals surface area (Å²) in [4.78, 5) is 14.7. The van der Waals surface area contributed by atoms with Crippen LogP contribution in [0.25, 0.3) is 0 Å². The summed E-state index contributed by atoms with van der Waals surface area (Å²) in [5, 5.41) is 11.5. The number of nitro benzene ring substituents is 1. The highest BCUT2D eigenvalue weighted by molar-refractivity contribution is 7.99. The molecule has 0 unspecified atom stereocenters. The molecule has 98 valence electrons. The molecule has 0 aliphatic carbocycles. The van der Waals surface area contributed by atoms with E-state index < -0.39 is 16.4 Å². The number of para-hydroxylation sites is 1. The Morgan fingerprint density at radius 1 is 1.32 bits per heavy atom. The molecule has 2 aromatic rings. The molecule has 0 N–H and O–H groups in total. The second kappa shape index (κ2) is 5.36. The number of rotatable bonds is 3. The fourth-order valence-corrected chi connectivity index (χ4v) is 2.80. The topological polar surface area (TPSA) is 56.0 Å². The molecule has 0 saturated heterocycles. The molecule has 0 atom stereocenters. The fraction of sp³-hybridized carbons (Fsp3) is 0.154. The van der Waals surface area contributed by atoms with E-state index in [4.69, 9.17) is 0 Å². The van der Waals surface area contributed by atoms with Crippen LogP contribution in [0.5, 0.6) is 0 Å². The number of hydrogen-bond donors (Lipinski definition) is 0. The van der Waals surface area contributed by atoms with Gasteiger partial charge in [-0.25, -0.2) is 4.98 Å². The molecule has 0 aliphatic heterocycles. The van der Waals surface area contributed by atoms with E-state index in [-0.39, 0.29) is 4.90 Å². The van der Waals surface area contributed by atoms with Crippen LogP contribution < -0.4 is 0 Å². The largest absolute Gasteiger partial charge is 0.318 e. The highest BCUT2D eigenvalue weighted by Gasteiger charge is 2.20. The molecule has 6 heteroatoms. The van der Waals surface area contributed by atoms with Gasteiger partial charge >= 0.3 is 5.69 Å². The van der Waals surface area contributed by atoms with E-state index in [0.29, 0.717) is 5.03 Å². The van der Waals surface area contributed by atoms with E-state index in [9.17, 15) is 14.5 Å². The van der Waals surface area contributed by atoms with Crippen LogP contribution in [-0.2, 0) is 0 Å². The van der Waals surface area contributed by atoms with E-state index in [1.807, 2.05) is 26.0 Å². The standard InChI is InChI=1S/C13H11FN2O2S/c1-8-6-9(2)15-12(7-8)19-11-5-3-4-10(14)13(11)16(17)18/h3-7H,1-2H3. The van der Waals surface area contributed by atoms with Gasteiger partial charge < -0.3 is 0 Å². The predicted molar refractivity (Wildman–Crippen MR) is 70.9 cm³/mol. The van der Waals surface area contributed by atoms with E-state index in [1.54, 1.807) is 0 Å². The Labute approximate surface area is 113 Å². The fourth-order valence-electron chi connectivity index (χ4n) is 1.72. The van der Waals surface area contributed by atoms with Gasteiger partial charge in [0.15, 0.2) is 0 Å². The first-order chi connectivity index (χ1) is 8.97. The summed E-state index contributed by atoms with van der Waals surface area (Å²) < 4.78 is 13.5. The molecule has 0 bridgehead atoms. The molecule has 19 heavy (non-hydrogen) atoms. The van der Waals surface area contributed by atoms with Gasteiger partial charge in [0.1, 0.15) is 5.03 Å². The van der Waals surface area contributed by atoms with Crippen LogP contribution in [0.3, 0.4) is 0 Å². The van der Waals surface area contributed by atoms with Crippen LogP contribution in [0.15, 0.2) is 40.3 Å². The molecule has 1 heterocycles. The SMILES string of the molecule is Cc1cc(C)nc(Sc2cccc(F)c2[N+](=O)[O-])c1. The van der Waals surface area contributed by atoms with Crippen molar-refractivity contribution in [2.45, 2.75) is 23.8 Å². The van der Waals surface area contributed by atoms with Crippen molar-refractivity contribution < 1.29 is 9.31 Å². The Kier molecular flexibility index (Phi) is 3.80. The summed E-state index contributed by atoms with van der Waals surface area (Å²) >= 11 is 1.09. The zero-order valence-corrected chi connectivity index (χ0v) is 11.2. The summed E-state index contributed by atoms with van der Waals surface area (Å²) in [5.74, 6) is -0.834. The van der Waals surface area contributed by atoms with Crippen molar-refractivity contribution in [1.82, 2.24) is 4.98 Å². The number of halogens is 1. The molecule has 0 spiro atoms. The highest BCUT2D eigenvalue weighted by atomic mass is 32.2. The van der Waals surface area contributed by atoms with Gasteiger partial charge in [-0.1, -0.05) is 17.8 Å². The molecule has 0 saturated carbocycles. The predicted octanol–water partition coefficient (Wildman–Crippen LogP) is 3.90. The summed E-state index contributed by atoms with van der Waals surface area (Å²) in [7, 11) is 0. The molecule has 0 radical (unpaired) electrons. The lowest BCUT2D eigenvalue weighted by atomic mass is 10.3. The van der Waals surface area contributed by atoms with Gasteiger partial charge in [0.2, 0.25) is 5.82 Å². The molecule has 4 nitrogen and oxygen atoms in total. The minimum atomic E-state index is -0.834. The molecule has 2 rings (SSSR count). The smallest absolute Gasteiger partial charge is 0.258 e. The quantitative estimate of drug-likeness (QED) is 0.631. The van der Waals surface area contributed by atoms with Crippen molar-refractivity contribution in [2.24, 2.45) is 0 Å². The Balaban J connectivity index is 2.43. The molecule has 1 aromatic heterocycles. The number of nitro groups is 1. The zero-order chi connectivity index (χ0) is 14.0. The normalized spacial score (nSPS) is 10.5. The van der Waals surface area contributed by atoms with Gasteiger partial charge in [-0.05, 0) is 43.7 Å². The van der Waals surface area contributed by atoms with Crippen LogP contribution in [-0.4, -0.2) is 9.91 Å². The first-order valence-electron chi connectivity index (χ1n) is 5.53. The first-order valence-corrected chi connectivity index (χ1v) is 6.35. The molecule has 0 amide bonds. The van der Waals surface area contributed by atoms with Crippen molar-refractivity contribution in [3.05, 3.63) is 57.5 Å². The van der Waals surface area contributed by atoms with Crippen LogP contribution in [0.2, 0.25) is 0 Å². The number of benzene rings is 1. The van der Waals surface area contributed by atoms with Crippen molar-refractivity contribution in [3.8, 4) is 0 Å². The number of hydrogen-bond acceptors (Lipinski definition) is 4. The molecule has 0 fully saturated rings. The zero-order valence-electron chi connectivity index (χ0n) is 10.4. The van der Waals surface area contributed by atoms with E-state index in [1.165, 1.54) is 12.1 Å². The van der Waals surface area contributed by atoms with E-state index >= 15 is 0 Å². The Bertz CT molecular complexity index is 626. The van der Waals surface area contributed by atoms with Crippen LogP contribution in [0.1, 0.15) is 11.3 Å². The van der Waals surface area contributed by atoms with Crippen molar-refractivity contribution in [2.75, 3.05) is 0 Å². The number of nitrogens with zero attached hydrogens (tertiary/aromatic N) is 2. The minimum absolute atomic E-state index is 0.252. The lowest BCUT2D eigenvalue weighted by Gasteiger charge is -2.05. The average Bonchev–Trinajstić information content (AvgIpc) is 2.26. The lowest BCUT2D eigenvalue weighted by Crippen LogP contribution is -1.95.